The molecule has 0 amide bonds. The number of thiophene rings is 1. The first-order valence-corrected chi connectivity index (χ1v) is 7.96. The summed E-state index contributed by atoms with van der Waals surface area (Å²) in [6.07, 6.45) is 0. The summed E-state index contributed by atoms with van der Waals surface area (Å²) in [6, 6.07) is 8.73. The van der Waals surface area contributed by atoms with Crippen molar-refractivity contribution in [2.45, 2.75) is 20.4 Å². The molecule has 0 aliphatic heterocycles. The number of ether oxygens (including phenoxy) is 1. The Labute approximate surface area is 137 Å². The molecule has 0 aliphatic carbocycles. The number of rotatable bonds is 4. The topological polar surface area (TPSA) is 61.2 Å². The van der Waals surface area contributed by atoms with E-state index in [1.165, 1.54) is 15.9 Å². The molecule has 1 aromatic carbocycles. The molecule has 2 heterocycles. The molecule has 0 saturated heterocycles. The van der Waals surface area contributed by atoms with Crippen LogP contribution in [0.5, 0.6) is 5.75 Å². The van der Waals surface area contributed by atoms with Crippen molar-refractivity contribution in [1.29, 1.82) is 0 Å². The lowest BCUT2D eigenvalue weighted by molar-refractivity contribution is 0.0969. The first kappa shape index (κ1) is 15.4. The maximum Gasteiger partial charge on any atom is 0.262 e. The fourth-order valence-electron chi connectivity index (χ4n) is 2.46. The summed E-state index contributed by atoms with van der Waals surface area (Å²) in [6.45, 7) is 3.65. The Morgan fingerprint density at radius 2 is 2.09 bits per heavy atom. The number of fused-ring (bicyclic) bond motifs is 1. The molecule has 0 fully saturated rings. The quantitative estimate of drug-likeness (QED) is 0.691. The molecule has 3 aromatic rings. The zero-order valence-corrected chi connectivity index (χ0v) is 13.9. The molecule has 0 aliphatic rings. The third kappa shape index (κ3) is 2.90. The fourth-order valence-corrected chi connectivity index (χ4v) is 3.37. The van der Waals surface area contributed by atoms with Gasteiger partial charge >= 0.3 is 0 Å². The Bertz CT molecular complexity index is 956. The highest BCUT2D eigenvalue weighted by Gasteiger charge is 2.14. The highest BCUT2D eigenvalue weighted by atomic mass is 32.1. The van der Waals surface area contributed by atoms with Crippen LogP contribution in [-0.4, -0.2) is 22.4 Å². The zero-order valence-electron chi connectivity index (χ0n) is 13.1. The maximum atomic E-state index is 12.6. The van der Waals surface area contributed by atoms with E-state index in [0.29, 0.717) is 22.5 Å². The van der Waals surface area contributed by atoms with Gasteiger partial charge in [-0.25, -0.2) is 4.98 Å². The SMILES string of the molecule is COc1cccc(C(=O)Cn2c(C)nc3sc(C)cc3c2=O)c1. The van der Waals surface area contributed by atoms with Crippen molar-refractivity contribution in [1.82, 2.24) is 9.55 Å². The third-order valence-electron chi connectivity index (χ3n) is 3.66. The molecule has 0 N–H and O–H groups in total. The smallest absolute Gasteiger partial charge is 0.262 e. The van der Waals surface area contributed by atoms with E-state index in [0.717, 1.165) is 9.71 Å². The van der Waals surface area contributed by atoms with Crippen molar-refractivity contribution in [2.75, 3.05) is 7.11 Å². The first-order valence-electron chi connectivity index (χ1n) is 7.14. The van der Waals surface area contributed by atoms with Crippen LogP contribution in [0.1, 0.15) is 21.1 Å². The van der Waals surface area contributed by atoms with Crippen LogP contribution in [0.15, 0.2) is 35.1 Å². The molecule has 5 nitrogen and oxygen atoms in total. The van der Waals surface area contributed by atoms with E-state index in [1.54, 1.807) is 38.3 Å². The van der Waals surface area contributed by atoms with E-state index in [1.807, 2.05) is 13.0 Å². The predicted octanol–water partition coefficient (Wildman–Crippen LogP) is 2.97. The van der Waals surface area contributed by atoms with Crippen LogP contribution in [-0.2, 0) is 6.54 Å². The van der Waals surface area contributed by atoms with Gasteiger partial charge in [0.1, 0.15) is 16.4 Å². The van der Waals surface area contributed by atoms with E-state index >= 15 is 0 Å². The largest absolute Gasteiger partial charge is 0.497 e. The summed E-state index contributed by atoms with van der Waals surface area (Å²) in [5.74, 6) is 1.00. The van der Waals surface area contributed by atoms with Gasteiger partial charge in [0.2, 0.25) is 0 Å². The lowest BCUT2D eigenvalue weighted by atomic mass is 10.1. The van der Waals surface area contributed by atoms with Gasteiger partial charge in [-0.3, -0.25) is 14.2 Å². The number of Topliss-reactive ketones (excluding diaryl/α,β-unsaturated/α-hetero) is 1. The molecule has 23 heavy (non-hydrogen) atoms. The van der Waals surface area contributed by atoms with Gasteiger partial charge in [-0.15, -0.1) is 11.3 Å². The van der Waals surface area contributed by atoms with Crippen molar-refractivity contribution in [3.05, 3.63) is 57.0 Å². The molecule has 0 spiro atoms. The van der Waals surface area contributed by atoms with Crippen LogP contribution in [0.2, 0.25) is 0 Å². The number of hydrogen-bond donors (Lipinski definition) is 0. The second-order valence-electron chi connectivity index (χ2n) is 5.28. The van der Waals surface area contributed by atoms with Gasteiger partial charge in [0.25, 0.3) is 5.56 Å². The van der Waals surface area contributed by atoms with Gasteiger partial charge in [-0.2, -0.15) is 0 Å². The van der Waals surface area contributed by atoms with Gasteiger partial charge < -0.3 is 4.74 Å². The van der Waals surface area contributed by atoms with Crippen molar-refractivity contribution in [3.63, 3.8) is 0 Å². The van der Waals surface area contributed by atoms with Crippen molar-refractivity contribution in [3.8, 4) is 5.75 Å². The molecule has 3 rings (SSSR count). The molecule has 0 bridgehead atoms. The highest BCUT2D eigenvalue weighted by Crippen LogP contribution is 2.20. The van der Waals surface area contributed by atoms with E-state index in [2.05, 4.69) is 4.98 Å². The summed E-state index contributed by atoms with van der Waals surface area (Å²) in [7, 11) is 1.55. The van der Waals surface area contributed by atoms with E-state index in [4.69, 9.17) is 4.74 Å². The van der Waals surface area contributed by atoms with Crippen LogP contribution >= 0.6 is 11.3 Å². The number of nitrogens with zero attached hydrogens (tertiary/aromatic N) is 2. The van der Waals surface area contributed by atoms with Crippen molar-refractivity contribution >= 4 is 27.3 Å². The van der Waals surface area contributed by atoms with Crippen LogP contribution in [0.3, 0.4) is 0 Å². The number of aryl methyl sites for hydroxylation is 2. The number of methoxy groups -OCH3 is 1. The van der Waals surface area contributed by atoms with E-state index in [-0.39, 0.29) is 17.9 Å². The summed E-state index contributed by atoms with van der Waals surface area (Å²) in [5.41, 5.74) is 0.338. The number of hydrogen-bond acceptors (Lipinski definition) is 5. The van der Waals surface area contributed by atoms with Gasteiger partial charge in [0.05, 0.1) is 19.0 Å². The average Bonchev–Trinajstić information content (AvgIpc) is 2.91. The summed E-state index contributed by atoms with van der Waals surface area (Å²) >= 11 is 1.48. The van der Waals surface area contributed by atoms with Gasteiger partial charge in [0, 0.05) is 10.4 Å². The number of carbonyl (C=O) groups excluding carboxylic acids is 1. The van der Waals surface area contributed by atoms with Gasteiger partial charge in [0.15, 0.2) is 5.78 Å². The van der Waals surface area contributed by atoms with Crippen molar-refractivity contribution in [2.24, 2.45) is 0 Å². The monoisotopic (exact) mass is 328 g/mol. The molecule has 0 atom stereocenters. The lowest BCUT2D eigenvalue weighted by Crippen LogP contribution is -2.27. The first-order chi connectivity index (χ1) is 11.0. The minimum Gasteiger partial charge on any atom is -0.497 e. The molecule has 118 valence electrons. The zero-order chi connectivity index (χ0) is 16.6. The minimum absolute atomic E-state index is 0.0321. The molecule has 0 unspecified atom stereocenters. The summed E-state index contributed by atoms with van der Waals surface area (Å²) in [4.78, 5) is 31.3. The average molecular weight is 328 g/mol. The van der Waals surface area contributed by atoms with Crippen LogP contribution in [0.25, 0.3) is 10.2 Å². The third-order valence-corrected chi connectivity index (χ3v) is 4.60. The predicted molar refractivity (Wildman–Crippen MR) is 90.7 cm³/mol. The van der Waals surface area contributed by atoms with Crippen LogP contribution in [0, 0.1) is 13.8 Å². The molecule has 2 aromatic heterocycles. The standard InChI is InChI=1S/C17H16N2O3S/c1-10-7-14-16(23-10)18-11(2)19(17(14)21)9-15(20)12-5-4-6-13(8-12)22-3/h4-8H,9H2,1-3H3. The molecular formula is C17H16N2O3S. The molecular weight excluding hydrogens is 312 g/mol. The molecule has 6 heteroatoms. The lowest BCUT2D eigenvalue weighted by Gasteiger charge is -2.09. The number of carbonyl (C=O) groups is 1. The Hall–Kier alpha value is -2.47. The highest BCUT2D eigenvalue weighted by molar-refractivity contribution is 7.18. The number of benzene rings is 1. The minimum atomic E-state index is -0.173. The Morgan fingerprint density at radius 3 is 2.83 bits per heavy atom. The van der Waals surface area contributed by atoms with Crippen LogP contribution in [0.4, 0.5) is 0 Å². The molecule has 0 saturated carbocycles. The van der Waals surface area contributed by atoms with E-state index < -0.39 is 0 Å². The number of aromatic nitrogens is 2. The second kappa shape index (κ2) is 5.96. The Kier molecular flexibility index (Phi) is 4.00. The van der Waals surface area contributed by atoms with E-state index in [9.17, 15) is 9.59 Å². The molecule has 0 radical (unpaired) electrons. The van der Waals surface area contributed by atoms with Crippen LogP contribution < -0.4 is 10.3 Å². The van der Waals surface area contributed by atoms with Gasteiger partial charge in [-0.1, -0.05) is 12.1 Å². The second-order valence-corrected chi connectivity index (χ2v) is 6.52. The Balaban J connectivity index is 2.00. The van der Waals surface area contributed by atoms with Crippen molar-refractivity contribution < 1.29 is 9.53 Å². The maximum absolute atomic E-state index is 12.6. The Morgan fingerprint density at radius 1 is 1.30 bits per heavy atom. The number of ketones is 1. The normalized spacial score (nSPS) is 10.9. The summed E-state index contributed by atoms with van der Waals surface area (Å²) in [5, 5.41) is 0.566. The summed E-state index contributed by atoms with van der Waals surface area (Å²) < 4.78 is 6.56. The fraction of sp³-hybridized carbons (Fsp3) is 0.235. The van der Waals surface area contributed by atoms with Gasteiger partial charge in [-0.05, 0) is 32.0 Å².